The fraction of sp³-hybridized carbons (Fsp3) is 0.333. The van der Waals surface area contributed by atoms with Crippen molar-refractivity contribution < 1.29 is 0 Å². The van der Waals surface area contributed by atoms with E-state index in [0.29, 0.717) is 0 Å². The van der Waals surface area contributed by atoms with Gasteiger partial charge in [0.1, 0.15) is 0 Å². The molecule has 0 aliphatic carbocycles. The first-order valence-corrected chi connectivity index (χ1v) is 5.53. The maximum Gasteiger partial charge on any atom is 0.0320 e. The number of benzene rings is 1. The van der Waals surface area contributed by atoms with Crippen molar-refractivity contribution in [1.82, 2.24) is 5.32 Å². The van der Waals surface area contributed by atoms with E-state index in [9.17, 15) is 0 Å². The lowest BCUT2D eigenvalue weighted by Gasteiger charge is -2.17. The Morgan fingerprint density at radius 2 is 1.75 bits per heavy atom. The van der Waals surface area contributed by atoms with E-state index in [2.05, 4.69) is 49.3 Å². The second-order valence-corrected chi connectivity index (χ2v) is 4.67. The van der Waals surface area contributed by atoms with Gasteiger partial charge in [-0.05, 0) is 68.1 Å². The Morgan fingerprint density at radius 3 is 2.50 bits per heavy atom. The molecule has 0 aromatic heterocycles. The van der Waals surface area contributed by atoms with Crippen LogP contribution in [0.5, 0.6) is 0 Å². The third-order valence-electron chi connectivity index (χ3n) is 2.13. The Hall–Kier alpha value is 0.140. The van der Waals surface area contributed by atoms with Gasteiger partial charge in [0, 0.05) is 15.5 Å². The van der Waals surface area contributed by atoms with E-state index in [1.54, 1.807) is 0 Å². The van der Waals surface area contributed by atoms with E-state index in [1.165, 1.54) is 11.1 Å². The number of hydrogen-bond donors (Lipinski definition) is 1. The van der Waals surface area contributed by atoms with Gasteiger partial charge in [0.05, 0.1) is 0 Å². The van der Waals surface area contributed by atoms with E-state index in [1.807, 2.05) is 0 Å². The molecule has 12 heavy (non-hydrogen) atoms. The van der Waals surface area contributed by atoms with Crippen LogP contribution in [0.4, 0.5) is 0 Å². The zero-order valence-electron chi connectivity index (χ0n) is 6.53. The van der Waals surface area contributed by atoms with Gasteiger partial charge < -0.3 is 5.32 Å². The van der Waals surface area contributed by atoms with Crippen LogP contribution in [0.1, 0.15) is 11.1 Å². The first-order valence-electron chi connectivity index (χ1n) is 3.95. The van der Waals surface area contributed by atoms with Crippen LogP contribution in [0.25, 0.3) is 0 Å². The van der Waals surface area contributed by atoms with Crippen LogP contribution < -0.4 is 5.32 Å². The van der Waals surface area contributed by atoms with Crippen molar-refractivity contribution >= 4 is 31.9 Å². The second-order valence-electron chi connectivity index (χ2n) is 2.96. The van der Waals surface area contributed by atoms with Crippen molar-refractivity contribution in [2.45, 2.75) is 13.0 Å². The molecule has 1 nitrogen and oxygen atoms in total. The second kappa shape index (κ2) is 3.48. The SMILES string of the molecule is Brc1cc2c(cc1Br)CNCC2. The quantitative estimate of drug-likeness (QED) is 0.775. The normalized spacial score (nSPS) is 15.8. The zero-order valence-corrected chi connectivity index (χ0v) is 9.70. The summed E-state index contributed by atoms with van der Waals surface area (Å²) in [6, 6.07) is 4.39. The number of hydrogen-bond acceptors (Lipinski definition) is 1. The van der Waals surface area contributed by atoms with Gasteiger partial charge in [0.2, 0.25) is 0 Å². The number of halogens is 2. The summed E-state index contributed by atoms with van der Waals surface area (Å²) in [6.07, 6.45) is 1.14. The smallest absolute Gasteiger partial charge is 0.0320 e. The number of nitrogens with one attached hydrogen (secondary N) is 1. The molecule has 0 unspecified atom stereocenters. The highest BCUT2D eigenvalue weighted by Gasteiger charge is 2.10. The maximum absolute atomic E-state index is 3.51. The fourth-order valence-corrected chi connectivity index (χ4v) is 2.25. The first kappa shape index (κ1) is 8.73. The molecule has 0 fully saturated rings. The predicted octanol–water partition coefficient (Wildman–Crippen LogP) is 2.86. The molecule has 1 aliphatic heterocycles. The van der Waals surface area contributed by atoms with Crippen molar-refractivity contribution in [3.8, 4) is 0 Å². The van der Waals surface area contributed by atoms with Crippen LogP contribution in [0.2, 0.25) is 0 Å². The molecule has 0 spiro atoms. The summed E-state index contributed by atoms with van der Waals surface area (Å²) in [6.45, 7) is 2.10. The highest BCUT2D eigenvalue weighted by molar-refractivity contribution is 9.13. The Kier molecular flexibility index (Phi) is 2.53. The third kappa shape index (κ3) is 1.58. The summed E-state index contributed by atoms with van der Waals surface area (Å²) in [5, 5.41) is 3.35. The lowest BCUT2D eigenvalue weighted by atomic mass is 10.0. The molecule has 0 amide bonds. The van der Waals surface area contributed by atoms with Gasteiger partial charge in [-0.1, -0.05) is 0 Å². The molecule has 2 rings (SSSR count). The standard InChI is InChI=1S/C9H9Br2N/c10-8-3-6-1-2-12-5-7(6)4-9(8)11/h3-4,12H,1-2,5H2. The van der Waals surface area contributed by atoms with Crippen molar-refractivity contribution in [3.05, 3.63) is 32.2 Å². The van der Waals surface area contributed by atoms with E-state index in [0.717, 1.165) is 28.5 Å². The van der Waals surface area contributed by atoms with Crippen LogP contribution >= 0.6 is 31.9 Å². The Morgan fingerprint density at radius 1 is 1.08 bits per heavy atom. The molecular weight excluding hydrogens is 282 g/mol. The summed E-state index contributed by atoms with van der Waals surface area (Å²) in [4.78, 5) is 0. The van der Waals surface area contributed by atoms with Gasteiger partial charge in [-0.25, -0.2) is 0 Å². The highest BCUT2D eigenvalue weighted by atomic mass is 79.9. The molecule has 1 N–H and O–H groups in total. The van der Waals surface area contributed by atoms with E-state index in [-0.39, 0.29) is 0 Å². The van der Waals surface area contributed by atoms with Crippen molar-refractivity contribution in [2.24, 2.45) is 0 Å². The maximum atomic E-state index is 3.51. The molecule has 0 radical (unpaired) electrons. The molecule has 0 saturated carbocycles. The molecule has 0 saturated heterocycles. The lowest BCUT2D eigenvalue weighted by Crippen LogP contribution is -2.23. The largest absolute Gasteiger partial charge is 0.312 e. The summed E-state index contributed by atoms with van der Waals surface area (Å²) in [5.41, 5.74) is 2.88. The minimum Gasteiger partial charge on any atom is -0.312 e. The Bertz CT molecular complexity index is 279. The highest BCUT2D eigenvalue weighted by Crippen LogP contribution is 2.28. The monoisotopic (exact) mass is 289 g/mol. The molecular formula is C9H9Br2N. The summed E-state index contributed by atoms with van der Waals surface area (Å²) in [7, 11) is 0. The van der Waals surface area contributed by atoms with E-state index >= 15 is 0 Å². The molecule has 0 atom stereocenters. The Labute approximate surface area is 88.8 Å². The molecule has 0 bridgehead atoms. The summed E-state index contributed by atoms with van der Waals surface area (Å²) >= 11 is 7.01. The van der Waals surface area contributed by atoms with Crippen LogP contribution in [-0.2, 0) is 13.0 Å². The van der Waals surface area contributed by atoms with Crippen molar-refractivity contribution in [3.63, 3.8) is 0 Å². The third-order valence-corrected chi connectivity index (χ3v) is 3.97. The van der Waals surface area contributed by atoms with Crippen molar-refractivity contribution in [1.29, 1.82) is 0 Å². The average Bonchev–Trinajstić information content (AvgIpc) is 2.07. The van der Waals surface area contributed by atoms with Crippen LogP contribution in [0.3, 0.4) is 0 Å². The van der Waals surface area contributed by atoms with Gasteiger partial charge in [-0.2, -0.15) is 0 Å². The minimum atomic E-state index is 1.00. The molecule has 1 aromatic rings. The van der Waals surface area contributed by atoms with Gasteiger partial charge in [-0.3, -0.25) is 0 Å². The predicted molar refractivity (Wildman–Crippen MR) is 57.3 cm³/mol. The van der Waals surface area contributed by atoms with Crippen LogP contribution in [-0.4, -0.2) is 6.54 Å². The first-order chi connectivity index (χ1) is 5.77. The molecule has 1 aliphatic rings. The lowest BCUT2D eigenvalue weighted by molar-refractivity contribution is 0.643. The van der Waals surface area contributed by atoms with E-state index in [4.69, 9.17) is 0 Å². The van der Waals surface area contributed by atoms with Gasteiger partial charge in [0.25, 0.3) is 0 Å². The zero-order chi connectivity index (χ0) is 8.55. The number of fused-ring (bicyclic) bond motifs is 1. The van der Waals surface area contributed by atoms with Gasteiger partial charge in [-0.15, -0.1) is 0 Å². The van der Waals surface area contributed by atoms with Crippen LogP contribution in [0.15, 0.2) is 21.1 Å². The molecule has 1 heterocycles. The molecule has 1 aromatic carbocycles. The average molecular weight is 291 g/mol. The summed E-state index contributed by atoms with van der Waals surface area (Å²) < 4.78 is 2.30. The van der Waals surface area contributed by atoms with Gasteiger partial charge in [0.15, 0.2) is 0 Å². The fourth-order valence-electron chi connectivity index (χ4n) is 1.47. The van der Waals surface area contributed by atoms with Crippen LogP contribution in [0, 0.1) is 0 Å². The number of rotatable bonds is 0. The summed E-state index contributed by atoms with van der Waals surface area (Å²) in [5.74, 6) is 0. The topological polar surface area (TPSA) is 12.0 Å². The van der Waals surface area contributed by atoms with Crippen molar-refractivity contribution in [2.75, 3.05) is 6.54 Å². The van der Waals surface area contributed by atoms with E-state index < -0.39 is 0 Å². The molecule has 3 heteroatoms. The Balaban J connectivity index is 2.49. The molecule has 64 valence electrons. The van der Waals surface area contributed by atoms with Gasteiger partial charge >= 0.3 is 0 Å². The minimum absolute atomic E-state index is 1.00.